The molecule has 0 unspecified atom stereocenters. The number of rotatable bonds is 3. The Labute approximate surface area is 103 Å². The van der Waals surface area contributed by atoms with E-state index >= 15 is 0 Å². The van der Waals surface area contributed by atoms with Crippen LogP contribution >= 0.6 is 11.6 Å². The summed E-state index contributed by atoms with van der Waals surface area (Å²) < 4.78 is 18.3. The molecule has 0 atom stereocenters. The lowest BCUT2D eigenvalue weighted by atomic mass is 10.3. The molecule has 0 spiro atoms. The van der Waals surface area contributed by atoms with E-state index in [0.717, 1.165) is 5.69 Å². The zero-order chi connectivity index (χ0) is 12.3. The zero-order valence-electron chi connectivity index (χ0n) is 9.08. The van der Waals surface area contributed by atoms with Gasteiger partial charge in [-0.2, -0.15) is 0 Å². The lowest BCUT2D eigenvalue weighted by Gasteiger charge is -2.08. The van der Waals surface area contributed by atoms with Crippen molar-refractivity contribution in [1.82, 2.24) is 4.98 Å². The fraction of sp³-hybridized carbons (Fsp3) is 0.0833. The van der Waals surface area contributed by atoms with Gasteiger partial charge >= 0.3 is 0 Å². The molecule has 0 bridgehead atoms. The zero-order valence-corrected chi connectivity index (χ0v) is 9.83. The summed E-state index contributed by atoms with van der Waals surface area (Å²) in [6.07, 6.45) is 3.22. The molecule has 0 radical (unpaired) electrons. The van der Waals surface area contributed by atoms with Gasteiger partial charge in [0.25, 0.3) is 0 Å². The van der Waals surface area contributed by atoms with E-state index in [1.807, 2.05) is 0 Å². The van der Waals surface area contributed by atoms with Gasteiger partial charge in [-0.3, -0.25) is 4.98 Å². The average molecular weight is 253 g/mol. The molecule has 0 fully saturated rings. The Morgan fingerprint density at radius 3 is 2.82 bits per heavy atom. The van der Waals surface area contributed by atoms with E-state index in [-0.39, 0.29) is 5.02 Å². The molecule has 2 aromatic rings. The van der Waals surface area contributed by atoms with Gasteiger partial charge < -0.3 is 10.1 Å². The van der Waals surface area contributed by atoms with E-state index in [4.69, 9.17) is 16.3 Å². The minimum absolute atomic E-state index is 0.222. The Morgan fingerprint density at radius 1 is 1.29 bits per heavy atom. The molecule has 0 amide bonds. The molecule has 0 aliphatic rings. The van der Waals surface area contributed by atoms with Crippen molar-refractivity contribution in [2.75, 3.05) is 12.4 Å². The van der Waals surface area contributed by atoms with Gasteiger partial charge in [0.1, 0.15) is 17.3 Å². The quantitative estimate of drug-likeness (QED) is 0.904. The summed E-state index contributed by atoms with van der Waals surface area (Å²) in [7, 11) is 1.78. The van der Waals surface area contributed by atoms with Gasteiger partial charge in [0.05, 0.1) is 23.1 Å². The third-order valence-electron chi connectivity index (χ3n) is 2.12. The van der Waals surface area contributed by atoms with Crippen LogP contribution in [0.4, 0.5) is 10.1 Å². The first-order chi connectivity index (χ1) is 8.19. The topological polar surface area (TPSA) is 34.2 Å². The highest BCUT2D eigenvalue weighted by atomic mass is 35.5. The van der Waals surface area contributed by atoms with Crippen molar-refractivity contribution in [2.45, 2.75) is 0 Å². The van der Waals surface area contributed by atoms with Crippen molar-refractivity contribution >= 4 is 17.3 Å². The number of nitrogens with zero attached hydrogens (tertiary/aromatic N) is 1. The first-order valence-corrected chi connectivity index (χ1v) is 5.32. The minimum atomic E-state index is -0.399. The molecule has 0 saturated heterocycles. The van der Waals surface area contributed by atoms with Crippen LogP contribution in [0.2, 0.25) is 5.02 Å². The van der Waals surface area contributed by atoms with Gasteiger partial charge in [-0.15, -0.1) is 0 Å². The van der Waals surface area contributed by atoms with Crippen molar-refractivity contribution in [3.8, 4) is 11.5 Å². The van der Waals surface area contributed by atoms with E-state index in [1.54, 1.807) is 25.5 Å². The molecule has 1 aromatic carbocycles. The first-order valence-electron chi connectivity index (χ1n) is 4.95. The molecule has 1 N–H and O–H groups in total. The van der Waals surface area contributed by atoms with E-state index in [2.05, 4.69) is 10.3 Å². The Balaban J connectivity index is 2.25. The number of ether oxygens (including phenoxy) is 1. The van der Waals surface area contributed by atoms with Gasteiger partial charge in [0.15, 0.2) is 0 Å². The molecule has 0 saturated carbocycles. The highest BCUT2D eigenvalue weighted by Gasteiger charge is 2.05. The summed E-state index contributed by atoms with van der Waals surface area (Å²) in [4.78, 5) is 3.99. The third kappa shape index (κ3) is 2.85. The highest BCUT2D eigenvalue weighted by Crippen LogP contribution is 2.30. The van der Waals surface area contributed by atoms with Crippen LogP contribution < -0.4 is 10.1 Å². The maximum Gasteiger partial charge on any atom is 0.147 e. The summed E-state index contributed by atoms with van der Waals surface area (Å²) in [6.45, 7) is 0. The first kappa shape index (κ1) is 11.7. The smallest absolute Gasteiger partial charge is 0.147 e. The van der Waals surface area contributed by atoms with Gasteiger partial charge in [0.2, 0.25) is 0 Å². The summed E-state index contributed by atoms with van der Waals surface area (Å²) in [5.41, 5.74) is 0.820. The molecule has 0 aliphatic carbocycles. The van der Waals surface area contributed by atoms with E-state index in [1.165, 1.54) is 18.2 Å². The second kappa shape index (κ2) is 5.01. The molecule has 1 heterocycles. The normalized spacial score (nSPS) is 10.1. The largest absolute Gasteiger partial charge is 0.454 e. The van der Waals surface area contributed by atoms with E-state index in [9.17, 15) is 4.39 Å². The van der Waals surface area contributed by atoms with Crippen LogP contribution in [0.1, 0.15) is 0 Å². The SMILES string of the molecule is CNc1cncc(Oc2ccc(F)cc2Cl)c1. The summed E-state index contributed by atoms with van der Waals surface area (Å²) in [5, 5.41) is 3.16. The van der Waals surface area contributed by atoms with Crippen LogP contribution in [0, 0.1) is 5.82 Å². The van der Waals surface area contributed by atoms with Crippen molar-refractivity contribution in [2.24, 2.45) is 0 Å². The monoisotopic (exact) mass is 252 g/mol. The number of hydrogen-bond donors (Lipinski definition) is 1. The third-order valence-corrected chi connectivity index (χ3v) is 2.42. The van der Waals surface area contributed by atoms with Crippen LogP contribution in [-0.2, 0) is 0 Å². The lowest BCUT2D eigenvalue weighted by molar-refractivity contribution is 0.479. The van der Waals surface area contributed by atoms with Crippen LogP contribution in [-0.4, -0.2) is 12.0 Å². The number of pyridine rings is 1. The fourth-order valence-corrected chi connectivity index (χ4v) is 1.50. The molecule has 17 heavy (non-hydrogen) atoms. The van der Waals surface area contributed by atoms with E-state index in [0.29, 0.717) is 11.5 Å². The maximum absolute atomic E-state index is 12.8. The highest BCUT2D eigenvalue weighted by molar-refractivity contribution is 6.32. The van der Waals surface area contributed by atoms with E-state index < -0.39 is 5.82 Å². The van der Waals surface area contributed by atoms with Gasteiger partial charge in [-0.05, 0) is 18.2 Å². The number of hydrogen-bond acceptors (Lipinski definition) is 3. The second-order valence-electron chi connectivity index (χ2n) is 3.34. The molecule has 2 rings (SSSR count). The molecule has 5 heteroatoms. The Bertz CT molecular complexity index is 534. The van der Waals surface area contributed by atoms with Crippen molar-refractivity contribution in [3.05, 3.63) is 47.5 Å². The van der Waals surface area contributed by atoms with Gasteiger partial charge in [-0.1, -0.05) is 11.6 Å². The average Bonchev–Trinajstić information content (AvgIpc) is 2.33. The van der Waals surface area contributed by atoms with Crippen LogP contribution in [0.3, 0.4) is 0 Å². The van der Waals surface area contributed by atoms with Gasteiger partial charge in [-0.25, -0.2) is 4.39 Å². The summed E-state index contributed by atoms with van der Waals surface area (Å²) in [5.74, 6) is 0.526. The minimum Gasteiger partial charge on any atom is -0.454 e. The van der Waals surface area contributed by atoms with Crippen LogP contribution in [0.5, 0.6) is 11.5 Å². The fourth-order valence-electron chi connectivity index (χ4n) is 1.30. The number of nitrogens with one attached hydrogen (secondary N) is 1. The second-order valence-corrected chi connectivity index (χ2v) is 3.74. The van der Waals surface area contributed by atoms with Crippen molar-refractivity contribution in [1.29, 1.82) is 0 Å². The van der Waals surface area contributed by atoms with Crippen molar-refractivity contribution < 1.29 is 9.13 Å². The Morgan fingerprint density at radius 2 is 2.12 bits per heavy atom. The number of anilines is 1. The predicted octanol–water partition coefficient (Wildman–Crippen LogP) is 3.71. The Hall–Kier alpha value is -1.81. The van der Waals surface area contributed by atoms with Crippen LogP contribution in [0.25, 0.3) is 0 Å². The number of aromatic nitrogens is 1. The summed E-state index contributed by atoms with van der Waals surface area (Å²) >= 11 is 5.85. The lowest BCUT2D eigenvalue weighted by Crippen LogP contribution is -1.91. The number of benzene rings is 1. The Kier molecular flexibility index (Phi) is 3.44. The molecular formula is C12H10ClFN2O. The molecule has 3 nitrogen and oxygen atoms in total. The molecular weight excluding hydrogens is 243 g/mol. The summed E-state index contributed by atoms with van der Waals surface area (Å²) in [6, 6.07) is 5.74. The molecule has 88 valence electrons. The van der Waals surface area contributed by atoms with Crippen LogP contribution in [0.15, 0.2) is 36.7 Å². The predicted molar refractivity (Wildman–Crippen MR) is 65.3 cm³/mol. The maximum atomic E-state index is 12.8. The van der Waals surface area contributed by atoms with Gasteiger partial charge in [0, 0.05) is 13.1 Å². The molecule has 1 aromatic heterocycles. The number of halogens is 2. The van der Waals surface area contributed by atoms with Crippen molar-refractivity contribution in [3.63, 3.8) is 0 Å². The standard InChI is InChI=1S/C12H10ClFN2O/c1-15-9-5-10(7-16-6-9)17-12-3-2-8(14)4-11(12)13/h2-7,15H,1H3. The molecule has 0 aliphatic heterocycles.